The van der Waals surface area contributed by atoms with Crippen LogP contribution in [0.25, 0.3) is 0 Å². The molecule has 0 saturated heterocycles. The van der Waals surface area contributed by atoms with Gasteiger partial charge in [-0.25, -0.2) is 4.99 Å². The van der Waals surface area contributed by atoms with Gasteiger partial charge in [-0.3, -0.25) is 4.79 Å². The molecule has 0 saturated carbocycles. The molecule has 0 heterocycles. The van der Waals surface area contributed by atoms with Gasteiger partial charge in [-0.05, 0) is 44.5 Å². The van der Waals surface area contributed by atoms with Crippen molar-refractivity contribution in [1.82, 2.24) is 15.5 Å². The summed E-state index contributed by atoms with van der Waals surface area (Å²) in [6.07, 6.45) is 1.96. The maximum Gasteiger partial charge on any atom is 0.246 e. The lowest BCUT2D eigenvalue weighted by atomic mass is 10.1. The molecule has 0 aliphatic carbocycles. The van der Waals surface area contributed by atoms with Crippen molar-refractivity contribution < 1.29 is 9.53 Å². The summed E-state index contributed by atoms with van der Waals surface area (Å²) in [6, 6.07) is 7.88. The quantitative estimate of drug-likeness (QED) is 0.176. The third-order valence-corrected chi connectivity index (χ3v) is 4.02. The minimum atomic E-state index is -0.128. The first kappa shape index (κ1) is 26.6. The van der Waals surface area contributed by atoms with Crippen LogP contribution in [0, 0.1) is 0 Å². The van der Waals surface area contributed by atoms with E-state index in [1.54, 1.807) is 7.11 Å². The van der Waals surface area contributed by atoms with Gasteiger partial charge in [0.15, 0.2) is 5.96 Å². The fraction of sp³-hybridized carbons (Fsp3) is 0.600. The summed E-state index contributed by atoms with van der Waals surface area (Å²) in [7, 11) is 3.80. The molecule has 1 amide bonds. The number of anilines is 1. The van der Waals surface area contributed by atoms with E-state index in [9.17, 15) is 4.79 Å². The molecular formula is C20H36IN5O2. The lowest BCUT2D eigenvalue weighted by Gasteiger charge is -2.18. The summed E-state index contributed by atoms with van der Waals surface area (Å²) in [4.78, 5) is 18.8. The highest BCUT2D eigenvalue weighted by Crippen LogP contribution is 2.10. The van der Waals surface area contributed by atoms with Crippen LogP contribution in [0.1, 0.15) is 25.8 Å². The molecular weight excluding hydrogens is 469 g/mol. The van der Waals surface area contributed by atoms with E-state index in [0.717, 1.165) is 51.3 Å². The van der Waals surface area contributed by atoms with E-state index in [-0.39, 0.29) is 36.4 Å². The summed E-state index contributed by atoms with van der Waals surface area (Å²) >= 11 is 0. The first-order chi connectivity index (χ1) is 13.1. The number of methoxy groups -OCH3 is 1. The number of halogens is 1. The van der Waals surface area contributed by atoms with E-state index < -0.39 is 0 Å². The lowest BCUT2D eigenvalue weighted by molar-refractivity contribution is -0.114. The number of aliphatic imine (C=N–C) groups is 1. The van der Waals surface area contributed by atoms with Gasteiger partial charge in [0, 0.05) is 45.6 Å². The molecule has 0 spiro atoms. The standard InChI is InChI=1S/C20H35N5O2.HI/c1-5-17-9-7-10-18(15-17)24-19(26)16-23-20(21-6-2)22-11-13-25(3)12-8-14-27-4;/h7,9-10,15H,5-6,8,11-14,16H2,1-4H3,(H,24,26)(H2,21,22,23);1H. The molecule has 0 aliphatic rings. The molecule has 0 aliphatic heterocycles. The van der Waals surface area contributed by atoms with Crippen LogP contribution in [0.3, 0.4) is 0 Å². The highest BCUT2D eigenvalue weighted by Gasteiger charge is 2.04. The molecule has 3 N–H and O–H groups in total. The van der Waals surface area contributed by atoms with Crippen LogP contribution in [0.4, 0.5) is 5.69 Å². The minimum Gasteiger partial charge on any atom is -0.385 e. The Labute approximate surface area is 186 Å². The summed E-state index contributed by atoms with van der Waals surface area (Å²) in [5, 5.41) is 9.33. The number of hydrogen-bond acceptors (Lipinski definition) is 4. The van der Waals surface area contributed by atoms with Gasteiger partial charge in [0.05, 0.1) is 0 Å². The highest BCUT2D eigenvalue weighted by molar-refractivity contribution is 14.0. The predicted molar refractivity (Wildman–Crippen MR) is 128 cm³/mol. The Morgan fingerprint density at radius 3 is 2.68 bits per heavy atom. The van der Waals surface area contributed by atoms with Crippen LogP contribution in [0.5, 0.6) is 0 Å². The zero-order valence-electron chi connectivity index (χ0n) is 17.6. The average Bonchev–Trinajstić information content (AvgIpc) is 2.66. The van der Waals surface area contributed by atoms with Crippen molar-refractivity contribution in [1.29, 1.82) is 0 Å². The molecule has 8 heteroatoms. The second kappa shape index (κ2) is 16.6. The summed E-state index contributed by atoms with van der Waals surface area (Å²) in [6.45, 7) is 8.34. The highest BCUT2D eigenvalue weighted by atomic mass is 127. The number of nitrogens with one attached hydrogen (secondary N) is 3. The van der Waals surface area contributed by atoms with E-state index in [0.29, 0.717) is 5.96 Å². The number of rotatable bonds is 12. The zero-order chi connectivity index (χ0) is 19.9. The van der Waals surface area contributed by atoms with Crippen molar-refractivity contribution in [2.24, 2.45) is 4.99 Å². The van der Waals surface area contributed by atoms with Gasteiger partial charge in [-0.2, -0.15) is 0 Å². The number of hydrogen-bond donors (Lipinski definition) is 3. The topological polar surface area (TPSA) is 78.0 Å². The van der Waals surface area contributed by atoms with Gasteiger partial charge < -0.3 is 25.6 Å². The van der Waals surface area contributed by atoms with Gasteiger partial charge >= 0.3 is 0 Å². The second-order valence-corrected chi connectivity index (χ2v) is 6.37. The second-order valence-electron chi connectivity index (χ2n) is 6.37. The Hall–Kier alpha value is -1.39. The Bertz CT molecular complexity index is 583. The van der Waals surface area contributed by atoms with Crippen LogP contribution in [-0.2, 0) is 16.0 Å². The van der Waals surface area contributed by atoms with Crippen LogP contribution in [0.15, 0.2) is 29.3 Å². The molecule has 0 fully saturated rings. The van der Waals surface area contributed by atoms with Crippen LogP contribution < -0.4 is 16.0 Å². The van der Waals surface area contributed by atoms with Crippen molar-refractivity contribution in [3.63, 3.8) is 0 Å². The first-order valence-corrected chi connectivity index (χ1v) is 9.67. The smallest absolute Gasteiger partial charge is 0.246 e. The molecule has 0 aromatic heterocycles. The summed E-state index contributed by atoms with van der Waals surface area (Å²) in [5.41, 5.74) is 2.01. The maximum absolute atomic E-state index is 12.2. The van der Waals surface area contributed by atoms with Crippen molar-refractivity contribution in [2.75, 3.05) is 58.8 Å². The Kier molecular flexibility index (Phi) is 15.7. The zero-order valence-corrected chi connectivity index (χ0v) is 19.9. The van der Waals surface area contributed by atoms with Gasteiger partial charge in [-0.1, -0.05) is 19.1 Å². The predicted octanol–water partition coefficient (Wildman–Crippen LogP) is 2.33. The number of aryl methyl sites for hydroxylation is 1. The number of amides is 1. The minimum absolute atomic E-state index is 0. The van der Waals surface area contributed by atoms with Gasteiger partial charge in [0.1, 0.15) is 6.54 Å². The van der Waals surface area contributed by atoms with E-state index >= 15 is 0 Å². The lowest BCUT2D eigenvalue weighted by Crippen LogP contribution is -2.41. The van der Waals surface area contributed by atoms with Crippen LogP contribution in [-0.4, -0.2) is 70.3 Å². The van der Waals surface area contributed by atoms with Crippen LogP contribution >= 0.6 is 24.0 Å². The fourth-order valence-electron chi connectivity index (χ4n) is 2.52. The van der Waals surface area contributed by atoms with Gasteiger partial charge in [0.2, 0.25) is 5.91 Å². The molecule has 0 atom stereocenters. The molecule has 28 heavy (non-hydrogen) atoms. The molecule has 160 valence electrons. The number of benzene rings is 1. The average molecular weight is 505 g/mol. The molecule has 1 aromatic carbocycles. The van der Waals surface area contributed by atoms with Crippen molar-refractivity contribution >= 4 is 41.5 Å². The summed E-state index contributed by atoms with van der Waals surface area (Å²) in [5.74, 6) is 0.525. The monoisotopic (exact) mass is 505 g/mol. The molecule has 7 nitrogen and oxygen atoms in total. The Morgan fingerprint density at radius 2 is 2.00 bits per heavy atom. The Morgan fingerprint density at radius 1 is 1.21 bits per heavy atom. The van der Waals surface area contributed by atoms with E-state index in [1.807, 2.05) is 31.2 Å². The number of carbonyl (C=O) groups is 1. The molecule has 0 radical (unpaired) electrons. The molecule has 1 aromatic rings. The SMILES string of the molecule is CCNC(=NCC(=O)Nc1cccc(CC)c1)NCCN(C)CCCOC.I. The summed E-state index contributed by atoms with van der Waals surface area (Å²) < 4.78 is 5.07. The fourth-order valence-corrected chi connectivity index (χ4v) is 2.52. The molecule has 1 rings (SSSR count). The largest absolute Gasteiger partial charge is 0.385 e. The third-order valence-electron chi connectivity index (χ3n) is 4.02. The Balaban J connectivity index is 0.00000729. The van der Waals surface area contributed by atoms with Crippen molar-refractivity contribution in [3.05, 3.63) is 29.8 Å². The molecule has 0 unspecified atom stereocenters. The third kappa shape index (κ3) is 12.1. The normalized spacial score (nSPS) is 11.1. The van der Waals surface area contributed by atoms with Gasteiger partial charge in [-0.15, -0.1) is 24.0 Å². The number of likely N-dealkylation sites (N-methyl/N-ethyl adjacent to an activating group) is 1. The number of nitrogens with zero attached hydrogens (tertiary/aromatic N) is 2. The number of ether oxygens (including phenoxy) is 1. The van der Waals surface area contributed by atoms with Gasteiger partial charge in [0.25, 0.3) is 0 Å². The number of carbonyl (C=O) groups excluding carboxylic acids is 1. The van der Waals surface area contributed by atoms with Crippen molar-refractivity contribution in [3.8, 4) is 0 Å². The molecule has 0 bridgehead atoms. The van der Waals surface area contributed by atoms with E-state index in [1.165, 1.54) is 5.56 Å². The first-order valence-electron chi connectivity index (χ1n) is 9.67. The number of guanidine groups is 1. The van der Waals surface area contributed by atoms with E-state index in [4.69, 9.17) is 4.74 Å². The van der Waals surface area contributed by atoms with Crippen molar-refractivity contribution in [2.45, 2.75) is 26.7 Å². The van der Waals surface area contributed by atoms with E-state index in [2.05, 4.69) is 39.8 Å². The maximum atomic E-state index is 12.2. The van der Waals surface area contributed by atoms with Crippen LogP contribution in [0.2, 0.25) is 0 Å².